The van der Waals surface area contributed by atoms with E-state index in [2.05, 4.69) is 0 Å². The highest BCUT2D eigenvalue weighted by Crippen LogP contribution is 2.30. The van der Waals surface area contributed by atoms with Gasteiger partial charge in [-0.25, -0.2) is 22.0 Å². The molecule has 1 aliphatic rings. The maximum Gasteiger partial charge on any atom is 0.200 e. The van der Waals surface area contributed by atoms with Gasteiger partial charge in [0.05, 0.1) is 0 Å². The molecule has 2 N–H and O–H groups in total. The molecule has 1 heterocycles. The number of rotatable bonds is 3. The van der Waals surface area contributed by atoms with Gasteiger partial charge in [0, 0.05) is 32.7 Å². The molecule has 0 bridgehead atoms. The van der Waals surface area contributed by atoms with E-state index in [0.717, 1.165) is 0 Å². The van der Waals surface area contributed by atoms with Gasteiger partial charge in [0.1, 0.15) is 5.69 Å². The lowest BCUT2D eigenvalue weighted by Gasteiger charge is -2.24. The van der Waals surface area contributed by atoms with Gasteiger partial charge in [0.25, 0.3) is 0 Å². The predicted molar refractivity (Wildman–Crippen MR) is 68.6 cm³/mol. The first kappa shape index (κ1) is 16.0. The number of hydrogen-bond acceptors (Lipinski definition) is 3. The van der Waals surface area contributed by atoms with Crippen LogP contribution in [0.2, 0.25) is 0 Å². The van der Waals surface area contributed by atoms with E-state index >= 15 is 0 Å². The van der Waals surface area contributed by atoms with Crippen molar-refractivity contribution in [2.24, 2.45) is 5.73 Å². The quantitative estimate of drug-likeness (QED) is 0.525. The SMILES string of the molecule is NCCN1CCCN(c2c(F)c(F)c(F)c(F)c2F)CC1. The maximum atomic E-state index is 13.8. The van der Waals surface area contributed by atoms with Crippen molar-refractivity contribution in [1.82, 2.24) is 4.90 Å². The Morgan fingerprint density at radius 2 is 1.33 bits per heavy atom. The average molecular weight is 309 g/mol. The van der Waals surface area contributed by atoms with Crippen LogP contribution in [0.1, 0.15) is 6.42 Å². The van der Waals surface area contributed by atoms with Gasteiger partial charge in [-0.1, -0.05) is 0 Å². The zero-order valence-corrected chi connectivity index (χ0v) is 11.3. The van der Waals surface area contributed by atoms with E-state index < -0.39 is 34.8 Å². The van der Waals surface area contributed by atoms with E-state index in [9.17, 15) is 22.0 Å². The number of benzene rings is 1. The summed E-state index contributed by atoms with van der Waals surface area (Å²) in [4.78, 5) is 3.19. The van der Waals surface area contributed by atoms with Crippen molar-refractivity contribution in [3.8, 4) is 0 Å². The van der Waals surface area contributed by atoms with Gasteiger partial charge in [0.15, 0.2) is 23.3 Å². The summed E-state index contributed by atoms with van der Waals surface area (Å²) in [6.45, 7) is 2.60. The fraction of sp³-hybridized carbons (Fsp3) is 0.538. The van der Waals surface area contributed by atoms with Crippen LogP contribution in [0.25, 0.3) is 0 Å². The maximum absolute atomic E-state index is 13.8. The summed E-state index contributed by atoms with van der Waals surface area (Å²) in [5.41, 5.74) is 4.60. The number of anilines is 1. The molecule has 21 heavy (non-hydrogen) atoms. The Hall–Kier alpha value is -1.41. The number of nitrogens with zero attached hydrogens (tertiary/aromatic N) is 2. The lowest BCUT2D eigenvalue weighted by atomic mass is 10.2. The summed E-state index contributed by atoms with van der Waals surface area (Å²) >= 11 is 0. The van der Waals surface area contributed by atoms with E-state index in [-0.39, 0.29) is 13.1 Å². The molecule has 0 aromatic heterocycles. The van der Waals surface area contributed by atoms with Gasteiger partial charge in [-0.05, 0) is 13.0 Å². The van der Waals surface area contributed by atoms with E-state index in [0.29, 0.717) is 32.6 Å². The van der Waals surface area contributed by atoms with Crippen molar-refractivity contribution < 1.29 is 22.0 Å². The Morgan fingerprint density at radius 3 is 1.90 bits per heavy atom. The molecule has 3 nitrogen and oxygen atoms in total. The standard InChI is InChI=1S/C13H16F5N3/c14-8-9(15)11(17)13(12(18)10(8)16)21-4-1-3-20(5-2-19)6-7-21/h1-7,19H2. The molecule has 0 radical (unpaired) electrons. The second-order valence-corrected chi connectivity index (χ2v) is 4.89. The smallest absolute Gasteiger partial charge is 0.200 e. The van der Waals surface area contributed by atoms with Crippen molar-refractivity contribution >= 4 is 5.69 Å². The summed E-state index contributed by atoms with van der Waals surface area (Å²) in [5, 5.41) is 0. The highest BCUT2D eigenvalue weighted by Gasteiger charge is 2.29. The summed E-state index contributed by atoms with van der Waals surface area (Å²) in [7, 11) is 0. The average Bonchev–Trinajstić information content (AvgIpc) is 2.70. The van der Waals surface area contributed by atoms with Crippen molar-refractivity contribution in [3.63, 3.8) is 0 Å². The molecule has 0 saturated carbocycles. The second-order valence-electron chi connectivity index (χ2n) is 4.89. The third-order valence-electron chi connectivity index (χ3n) is 3.54. The van der Waals surface area contributed by atoms with Crippen molar-refractivity contribution in [1.29, 1.82) is 0 Å². The molecule has 1 fully saturated rings. The minimum absolute atomic E-state index is 0.179. The predicted octanol–water partition coefficient (Wildman–Crippen LogP) is 1.85. The molecule has 2 rings (SSSR count). The summed E-state index contributed by atoms with van der Waals surface area (Å²) in [6.07, 6.45) is 0.555. The van der Waals surface area contributed by atoms with Crippen LogP contribution in [-0.2, 0) is 0 Å². The zero-order chi connectivity index (χ0) is 15.6. The van der Waals surface area contributed by atoms with Crippen molar-refractivity contribution in [2.75, 3.05) is 44.2 Å². The molecule has 0 atom stereocenters. The molecule has 0 spiro atoms. The molecule has 0 aliphatic carbocycles. The zero-order valence-electron chi connectivity index (χ0n) is 11.3. The van der Waals surface area contributed by atoms with Crippen LogP contribution >= 0.6 is 0 Å². The van der Waals surface area contributed by atoms with Gasteiger partial charge in [0.2, 0.25) is 5.82 Å². The number of halogens is 5. The lowest BCUT2D eigenvalue weighted by Crippen LogP contribution is -2.34. The number of hydrogen-bond donors (Lipinski definition) is 1. The van der Waals surface area contributed by atoms with Crippen LogP contribution < -0.4 is 10.6 Å². The minimum atomic E-state index is -2.13. The molecule has 1 aromatic carbocycles. The lowest BCUT2D eigenvalue weighted by molar-refractivity contribution is 0.301. The summed E-state index contributed by atoms with van der Waals surface area (Å²) in [6, 6.07) is 0. The van der Waals surface area contributed by atoms with Gasteiger partial charge < -0.3 is 15.5 Å². The van der Waals surface area contributed by atoms with Crippen LogP contribution in [0.5, 0.6) is 0 Å². The molecule has 0 amide bonds. The molecular weight excluding hydrogens is 293 g/mol. The molecule has 8 heteroatoms. The largest absolute Gasteiger partial charge is 0.365 e. The first-order chi connectivity index (χ1) is 9.97. The van der Waals surface area contributed by atoms with Gasteiger partial charge in [-0.2, -0.15) is 0 Å². The highest BCUT2D eigenvalue weighted by molar-refractivity contribution is 5.50. The number of nitrogens with two attached hydrogens (primary N) is 1. The minimum Gasteiger partial charge on any atom is -0.365 e. The monoisotopic (exact) mass is 309 g/mol. The van der Waals surface area contributed by atoms with Crippen LogP contribution in [0.3, 0.4) is 0 Å². The van der Waals surface area contributed by atoms with Gasteiger partial charge in [-0.3, -0.25) is 0 Å². The van der Waals surface area contributed by atoms with Crippen LogP contribution in [0.4, 0.5) is 27.6 Å². The van der Waals surface area contributed by atoms with E-state index in [1.54, 1.807) is 0 Å². The molecule has 1 saturated heterocycles. The van der Waals surface area contributed by atoms with Crippen LogP contribution in [-0.4, -0.2) is 44.2 Å². The van der Waals surface area contributed by atoms with Gasteiger partial charge in [-0.15, -0.1) is 0 Å². The normalized spacial score (nSPS) is 17.1. The fourth-order valence-corrected chi connectivity index (χ4v) is 2.47. The van der Waals surface area contributed by atoms with Crippen LogP contribution in [0, 0.1) is 29.1 Å². The van der Waals surface area contributed by atoms with E-state index in [1.165, 1.54) is 4.90 Å². The Labute approximate surface area is 119 Å². The topological polar surface area (TPSA) is 32.5 Å². The highest BCUT2D eigenvalue weighted by atomic mass is 19.2. The fourth-order valence-electron chi connectivity index (χ4n) is 2.47. The van der Waals surface area contributed by atoms with Crippen LogP contribution in [0.15, 0.2) is 0 Å². The van der Waals surface area contributed by atoms with Crippen molar-refractivity contribution in [3.05, 3.63) is 29.1 Å². The third kappa shape index (κ3) is 3.11. The van der Waals surface area contributed by atoms with E-state index in [1.807, 2.05) is 4.90 Å². The molecular formula is C13H16F5N3. The first-order valence-electron chi connectivity index (χ1n) is 6.66. The first-order valence-corrected chi connectivity index (χ1v) is 6.66. The Morgan fingerprint density at radius 1 is 0.762 bits per heavy atom. The molecule has 1 aliphatic heterocycles. The van der Waals surface area contributed by atoms with E-state index in [4.69, 9.17) is 5.73 Å². The summed E-state index contributed by atoms with van der Waals surface area (Å²) < 4.78 is 67.1. The summed E-state index contributed by atoms with van der Waals surface area (Å²) in [5.74, 6) is -9.51. The third-order valence-corrected chi connectivity index (χ3v) is 3.54. The Balaban J connectivity index is 2.30. The second kappa shape index (κ2) is 6.57. The molecule has 118 valence electrons. The Kier molecular flexibility index (Phi) is 5.00. The van der Waals surface area contributed by atoms with Gasteiger partial charge >= 0.3 is 0 Å². The Bertz CT molecular complexity index is 494. The molecule has 1 aromatic rings. The van der Waals surface area contributed by atoms with Crippen molar-refractivity contribution in [2.45, 2.75) is 6.42 Å². The molecule has 0 unspecified atom stereocenters.